The molecule has 0 spiro atoms. The van der Waals surface area contributed by atoms with Gasteiger partial charge >= 0.3 is 0 Å². The average Bonchev–Trinajstić information content (AvgIpc) is 2.55. The van der Waals surface area contributed by atoms with Crippen molar-refractivity contribution in [1.82, 2.24) is 4.90 Å². The second-order valence-electron chi connectivity index (χ2n) is 6.87. The maximum Gasteiger partial charge on any atom is 0.239 e. The zero-order chi connectivity index (χ0) is 16.7. The first-order valence-electron chi connectivity index (χ1n) is 8.76. The maximum absolute atomic E-state index is 12.3. The maximum atomic E-state index is 12.3. The number of nitrogens with two attached hydrogens (primary N) is 1. The smallest absolute Gasteiger partial charge is 0.239 e. The summed E-state index contributed by atoms with van der Waals surface area (Å²) in [6, 6.07) is 10.0. The number of carbonyl (C=O) groups is 1. The second kappa shape index (κ2) is 10.7. The van der Waals surface area contributed by atoms with Crippen molar-refractivity contribution in [2.75, 3.05) is 19.7 Å². The van der Waals surface area contributed by atoms with Crippen molar-refractivity contribution in [2.45, 2.75) is 51.7 Å². The van der Waals surface area contributed by atoms with Crippen LogP contribution in [0.5, 0.6) is 0 Å². The predicted molar refractivity (Wildman–Crippen MR) is 100 cm³/mol. The summed E-state index contributed by atoms with van der Waals surface area (Å²) in [4.78, 5) is 14.2. The highest BCUT2D eigenvalue weighted by Gasteiger charge is 2.26. The lowest BCUT2D eigenvalue weighted by molar-refractivity contribution is -0.135. The summed E-state index contributed by atoms with van der Waals surface area (Å²) < 4.78 is 5.97. The van der Waals surface area contributed by atoms with Gasteiger partial charge in [-0.2, -0.15) is 0 Å². The van der Waals surface area contributed by atoms with Gasteiger partial charge in [0.2, 0.25) is 5.91 Å². The van der Waals surface area contributed by atoms with E-state index >= 15 is 0 Å². The fourth-order valence-corrected chi connectivity index (χ4v) is 3.07. The standard InChI is InChI=1S/C19H30N2O2.ClH/c1-15(2)14-18(20)19(22)21-11-8-17(9-12-21)23-13-10-16-6-4-3-5-7-16;/h3-7,15,17-18H,8-14,20H2,1-2H3;1H/t18-;/m0./s1. The SMILES string of the molecule is CC(C)C[C@H](N)C(=O)N1CCC(OCCc2ccccc2)CC1.Cl. The highest BCUT2D eigenvalue weighted by Crippen LogP contribution is 2.16. The molecule has 1 heterocycles. The summed E-state index contributed by atoms with van der Waals surface area (Å²) in [5.41, 5.74) is 7.31. The van der Waals surface area contributed by atoms with E-state index in [1.54, 1.807) is 0 Å². The Labute approximate surface area is 152 Å². The topological polar surface area (TPSA) is 55.6 Å². The number of benzene rings is 1. The monoisotopic (exact) mass is 354 g/mol. The van der Waals surface area contributed by atoms with Gasteiger partial charge in [-0.1, -0.05) is 44.2 Å². The van der Waals surface area contributed by atoms with Crippen LogP contribution in [-0.2, 0) is 16.0 Å². The van der Waals surface area contributed by atoms with Crippen LogP contribution in [0.3, 0.4) is 0 Å². The molecule has 0 bridgehead atoms. The Morgan fingerprint density at radius 2 is 1.88 bits per heavy atom. The minimum Gasteiger partial charge on any atom is -0.378 e. The molecule has 136 valence electrons. The number of hydrogen-bond acceptors (Lipinski definition) is 3. The van der Waals surface area contributed by atoms with Crippen molar-refractivity contribution >= 4 is 18.3 Å². The third kappa shape index (κ3) is 6.80. The van der Waals surface area contributed by atoms with E-state index in [9.17, 15) is 4.79 Å². The zero-order valence-corrected chi connectivity index (χ0v) is 15.6. The summed E-state index contributed by atoms with van der Waals surface area (Å²) in [5, 5.41) is 0. The van der Waals surface area contributed by atoms with Gasteiger partial charge in [0.25, 0.3) is 0 Å². The third-order valence-corrected chi connectivity index (χ3v) is 4.38. The van der Waals surface area contributed by atoms with Gasteiger partial charge in [0, 0.05) is 13.1 Å². The molecule has 0 saturated carbocycles. The number of halogens is 1. The molecular weight excluding hydrogens is 324 g/mol. The molecule has 5 heteroatoms. The van der Waals surface area contributed by atoms with Crippen molar-refractivity contribution in [3.8, 4) is 0 Å². The molecule has 0 aromatic heterocycles. The number of carbonyl (C=O) groups excluding carboxylic acids is 1. The molecule has 1 fully saturated rings. The van der Waals surface area contributed by atoms with E-state index in [-0.39, 0.29) is 30.5 Å². The molecule has 1 atom stereocenters. The van der Waals surface area contributed by atoms with Crippen molar-refractivity contribution < 1.29 is 9.53 Å². The van der Waals surface area contributed by atoms with Crippen LogP contribution in [0.15, 0.2) is 30.3 Å². The van der Waals surface area contributed by atoms with E-state index in [0.29, 0.717) is 5.92 Å². The first-order valence-corrected chi connectivity index (χ1v) is 8.76. The Hall–Kier alpha value is -1.10. The predicted octanol–water partition coefficient (Wildman–Crippen LogP) is 3.03. The Morgan fingerprint density at radius 3 is 2.46 bits per heavy atom. The number of ether oxygens (including phenoxy) is 1. The third-order valence-electron chi connectivity index (χ3n) is 4.38. The van der Waals surface area contributed by atoms with Gasteiger partial charge in [-0.25, -0.2) is 0 Å². The lowest BCUT2D eigenvalue weighted by Gasteiger charge is -2.33. The number of amides is 1. The van der Waals surface area contributed by atoms with Crippen molar-refractivity contribution in [1.29, 1.82) is 0 Å². The van der Waals surface area contributed by atoms with Crippen molar-refractivity contribution in [2.24, 2.45) is 11.7 Å². The van der Waals surface area contributed by atoms with Gasteiger partial charge in [-0.3, -0.25) is 4.79 Å². The zero-order valence-electron chi connectivity index (χ0n) is 14.8. The highest BCUT2D eigenvalue weighted by atomic mass is 35.5. The molecular formula is C19H31ClN2O2. The lowest BCUT2D eigenvalue weighted by atomic mass is 10.0. The van der Waals surface area contributed by atoms with Gasteiger partial charge in [0.15, 0.2) is 0 Å². The largest absolute Gasteiger partial charge is 0.378 e. The van der Waals surface area contributed by atoms with Crippen LogP contribution in [0.25, 0.3) is 0 Å². The van der Waals surface area contributed by atoms with Crippen LogP contribution < -0.4 is 5.73 Å². The molecule has 0 aliphatic carbocycles. The molecule has 4 nitrogen and oxygen atoms in total. The molecule has 1 amide bonds. The van der Waals surface area contributed by atoms with Crippen LogP contribution >= 0.6 is 12.4 Å². The molecule has 1 aromatic carbocycles. The van der Waals surface area contributed by atoms with Gasteiger partial charge < -0.3 is 15.4 Å². The molecule has 0 unspecified atom stereocenters. The number of rotatable bonds is 7. The van der Waals surface area contributed by atoms with E-state index in [4.69, 9.17) is 10.5 Å². The number of nitrogens with zero attached hydrogens (tertiary/aromatic N) is 1. The van der Waals surface area contributed by atoms with Crippen LogP contribution in [0.1, 0.15) is 38.7 Å². The summed E-state index contributed by atoms with van der Waals surface area (Å²) in [5.74, 6) is 0.550. The average molecular weight is 355 g/mol. The Balaban J connectivity index is 0.00000288. The highest BCUT2D eigenvalue weighted by molar-refractivity contribution is 5.85. The molecule has 1 aromatic rings. The number of hydrogen-bond donors (Lipinski definition) is 1. The van der Waals surface area contributed by atoms with E-state index in [0.717, 1.165) is 45.4 Å². The summed E-state index contributed by atoms with van der Waals surface area (Å²) in [7, 11) is 0. The van der Waals surface area contributed by atoms with Crippen LogP contribution in [0.2, 0.25) is 0 Å². The summed E-state index contributed by atoms with van der Waals surface area (Å²) in [6.07, 6.45) is 3.79. The van der Waals surface area contributed by atoms with Crippen LogP contribution in [-0.4, -0.2) is 42.6 Å². The number of likely N-dealkylation sites (tertiary alicyclic amines) is 1. The van der Waals surface area contributed by atoms with E-state index in [1.165, 1.54) is 5.56 Å². The molecule has 24 heavy (non-hydrogen) atoms. The van der Waals surface area contributed by atoms with Gasteiger partial charge in [0.05, 0.1) is 18.8 Å². The van der Waals surface area contributed by atoms with Gasteiger partial charge in [0.1, 0.15) is 0 Å². The molecule has 1 aliphatic heterocycles. The molecule has 2 N–H and O–H groups in total. The van der Waals surface area contributed by atoms with E-state index in [1.807, 2.05) is 11.0 Å². The first-order chi connectivity index (χ1) is 11.1. The molecule has 0 radical (unpaired) electrons. The second-order valence-corrected chi connectivity index (χ2v) is 6.87. The van der Waals surface area contributed by atoms with Crippen LogP contribution in [0, 0.1) is 5.92 Å². The Bertz CT molecular complexity index is 474. The summed E-state index contributed by atoms with van der Waals surface area (Å²) in [6.45, 7) is 6.47. The lowest BCUT2D eigenvalue weighted by Crippen LogP contribution is -2.48. The van der Waals surface area contributed by atoms with Crippen LogP contribution in [0.4, 0.5) is 0 Å². The Morgan fingerprint density at radius 1 is 1.25 bits per heavy atom. The minimum absolute atomic E-state index is 0. The Kier molecular flexibility index (Phi) is 9.34. The minimum atomic E-state index is -0.356. The van der Waals surface area contributed by atoms with Crippen molar-refractivity contribution in [3.63, 3.8) is 0 Å². The molecule has 2 rings (SSSR count). The fraction of sp³-hybridized carbons (Fsp3) is 0.632. The fourth-order valence-electron chi connectivity index (χ4n) is 3.07. The molecule has 1 saturated heterocycles. The van der Waals surface area contributed by atoms with E-state index < -0.39 is 0 Å². The van der Waals surface area contributed by atoms with E-state index in [2.05, 4.69) is 38.1 Å². The van der Waals surface area contributed by atoms with Gasteiger partial charge in [-0.15, -0.1) is 12.4 Å². The first kappa shape index (κ1) is 20.9. The molecule has 1 aliphatic rings. The van der Waals surface area contributed by atoms with Gasteiger partial charge in [-0.05, 0) is 37.2 Å². The summed E-state index contributed by atoms with van der Waals surface area (Å²) >= 11 is 0. The quantitative estimate of drug-likeness (QED) is 0.818. The number of piperidine rings is 1. The van der Waals surface area contributed by atoms with Crippen molar-refractivity contribution in [3.05, 3.63) is 35.9 Å². The normalized spacial score (nSPS) is 16.8.